The van der Waals surface area contributed by atoms with Crippen molar-refractivity contribution in [2.45, 2.75) is 25.7 Å². The highest BCUT2D eigenvalue weighted by atomic mass is 32.2. The topological polar surface area (TPSA) is 58.2 Å². The largest absolute Gasteiger partial charge is 0.317 e. The summed E-state index contributed by atoms with van der Waals surface area (Å²) >= 11 is 0. The molecule has 5 heteroatoms. The van der Waals surface area contributed by atoms with Crippen LogP contribution in [0.1, 0.15) is 31.2 Å². The third kappa shape index (κ3) is 4.89. The molecular formula is C15H24N2O2S. The summed E-state index contributed by atoms with van der Waals surface area (Å²) in [7, 11) is -3.20. The van der Waals surface area contributed by atoms with Crippen molar-refractivity contribution in [3.63, 3.8) is 0 Å². The van der Waals surface area contributed by atoms with Gasteiger partial charge in [-0.2, -0.15) is 0 Å². The van der Waals surface area contributed by atoms with Gasteiger partial charge in [-0.15, -0.1) is 0 Å². The van der Waals surface area contributed by atoms with E-state index in [1.807, 2.05) is 37.3 Å². The summed E-state index contributed by atoms with van der Waals surface area (Å²) < 4.78 is 27.0. The quantitative estimate of drug-likeness (QED) is 0.840. The van der Waals surface area contributed by atoms with Crippen LogP contribution in [0.5, 0.6) is 0 Å². The molecule has 1 aromatic carbocycles. The SMILES string of the molecule is CC(CS(=O)(=O)NCC1CCNCC1)c1ccccc1. The highest BCUT2D eigenvalue weighted by molar-refractivity contribution is 7.89. The van der Waals surface area contributed by atoms with Crippen molar-refractivity contribution in [2.24, 2.45) is 5.92 Å². The average molecular weight is 296 g/mol. The van der Waals surface area contributed by atoms with Crippen LogP contribution >= 0.6 is 0 Å². The van der Waals surface area contributed by atoms with E-state index in [-0.39, 0.29) is 11.7 Å². The zero-order valence-corrected chi connectivity index (χ0v) is 12.8. The van der Waals surface area contributed by atoms with Gasteiger partial charge in [-0.1, -0.05) is 37.3 Å². The second-order valence-corrected chi connectivity index (χ2v) is 7.49. The maximum atomic E-state index is 12.1. The standard InChI is InChI=1S/C15H24N2O2S/c1-13(15-5-3-2-4-6-15)12-20(18,19)17-11-14-7-9-16-10-8-14/h2-6,13-14,16-17H,7-12H2,1H3. The third-order valence-corrected chi connectivity index (χ3v) is 5.43. The van der Waals surface area contributed by atoms with E-state index < -0.39 is 10.0 Å². The van der Waals surface area contributed by atoms with E-state index in [9.17, 15) is 8.42 Å². The fourth-order valence-corrected chi connectivity index (χ4v) is 4.05. The number of piperidine rings is 1. The maximum absolute atomic E-state index is 12.1. The molecule has 20 heavy (non-hydrogen) atoms. The van der Waals surface area contributed by atoms with Crippen LogP contribution in [0.3, 0.4) is 0 Å². The maximum Gasteiger partial charge on any atom is 0.212 e. The molecule has 2 N–H and O–H groups in total. The fraction of sp³-hybridized carbons (Fsp3) is 0.600. The average Bonchev–Trinajstić information content (AvgIpc) is 2.47. The molecule has 1 fully saturated rings. The van der Waals surface area contributed by atoms with Crippen molar-refractivity contribution in [1.29, 1.82) is 0 Å². The van der Waals surface area contributed by atoms with Gasteiger partial charge in [0, 0.05) is 6.54 Å². The van der Waals surface area contributed by atoms with Crippen molar-refractivity contribution in [3.8, 4) is 0 Å². The molecule has 1 aliphatic heterocycles. The number of benzene rings is 1. The molecule has 1 atom stereocenters. The first kappa shape index (κ1) is 15.5. The van der Waals surface area contributed by atoms with E-state index in [0.717, 1.165) is 31.5 Å². The Labute approximate surface area is 122 Å². The van der Waals surface area contributed by atoms with E-state index in [0.29, 0.717) is 12.5 Å². The molecule has 1 aliphatic rings. The third-order valence-electron chi connectivity index (χ3n) is 3.89. The molecule has 0 bridgehead atoms. The normalized spacial score (nSPS) is 18.9. The molecule has 0 radical (unpaired) electrons. The van der Waals surface area contributed by atoms with Crippen molar-refractivity contribution in [3.05, 3.63) is 35.9 Å². The fourth-order valence-electron chi connectivity index (χ4n) is 2.60. The zero-order valence-electron chi connectivity index (χ0n) is 12.0. The van der Waals surface area contributed by atoms with Gasteiger partial charge in [-0.3, -0.25) is 0 Å². The molecule has 0 spiro atoms. The molecular weight excluding hydrogens is 272 g/mol. The number of hydrogen-bond acceptors (Lipinski definition) is 3. The molecule has 1 saturated heterocycles. The monoisotopic (exact) mass is 296 g/mol. The molecule has 0 aliphatic carbocycles. The Kier molecular flexibility index (Phi) is 5.57. The van der Waals surface area contributed by atoms with E-state index in [1.165, 1.54) is 0 Å². The summed E-state index contributed by atoms with van der Waals surface area (Å²) in [5.74, 6) is 0.641. The van der Waals surface area contributed by atoms with Crippen molar-refractivity contribution in [2.75, 3.05) is 25.4 Å². The molecule has 1 unspecified atom stereocenters. The van der Waals surface area contributed by atoms with Gasteiger partial charge in [0.2, 0.25) is 10.0 Å². The predicted molar refractivity (Wildman–Crippen MR) is 82.2 cm³/mol. The summed E-state index contributed by atoms with van der Waals surface area (Å²) in [6, 6.07) is 9.79. The van der Waals surface area contributed by atoms with Crippen LogP contribution in [0.25, 0.3) is 0 Å². The summed E-state index contributed by atoms with van der Waals surface area (Å²) in [5.41, 5.74) is 1.07. The first-order valence-corrected chi connectivity index (χ1v) is 8.95. The first-order chi connectivity index (χ1) is 9.57. The second kappa shape index (κ2) is 7.20. The lowest BCUT2D eigenvalue weighted by Crippen LogP contribution is -2.37. The molecule has 0 amide bonds. The van der Waals surface area contributed by atoms with Crippen LogP contribution in [0, 0.1) is 5.92 Å². The van der Waals surface area contributed by atoms with Crippen LogP contribution in [0.4, 0.5) is 0 Å². The lowest BCUT2D eigenvalue weighted by Gasteiger charge is -2.23. The predicted octanol–water partition coefficient (Wildman–Crippen LogP) is 1.71. The van der Waals surface area contributed by atoms with E-state index in [4.69, 9.17) is 0 Å². The van der Waals surface area contributed by atoms with Crippen LogP contribution in [0.15, 0.2) is 30.3 Å². The van der Waals surface area contributed by atoms with Gasteiger partial charge in [0.15, 0.2) is 0 Å². The second-order valence-electron chi connectivity index (χ2n) is 5.63. The smallest absolute Gasteiger partial charge is 0.212 e. The van der Waals surface area contributed by atoms with Gasteiger partial charge in [0.05, 0.1) is 5.75 Å². The molecule has 4 nitrogen and oxygen atoms in total. The Hall–Kier alpha value is -0.910. The first-order valence-electron chi connectivity index (χ1n) is 7.30. The minimum atomic E-state index is -3.20. The van der Waals surface area contributed by atoms with E-state index in [2.05, 4.69) is 10.0 Å². The van der Waals surface area contributed by atoms with Gasteiger partial charge in [-0.05, 0) is 43.3 Å². The molecule has 112 valence electrons. The van der Waals surface area contributed by atoms with Gasteiger partial charge in [-0.25, -0.2) is 13.1 Å². The molecule has 2 rings (SSSR count). The zero-order chi connectivity index (χ0) is 14.4. The number of hydrogen-bond donors (Lipinski definition) is 2. The van der Waals surface area contributed by atoms with Crippen LogP contribution in [-0.4, -0.2) is 33.8 Å². The van der Waals surface area contributed by atoms with Crippen LogP contribution in [0.2, 0.25) is 0 Å². The molecule has 0 aromatic heterocycles. The van der Waals surface area contributed by atoms with Gasteiger partial charge in [0.1, 0.15) is 0 Å². The minimum absolute atomic E-state index is 0.0155. The molecule has 0 saturated carbocycles. The lowest BCUT2D eigenvalue weighted by atomic mass is 9.99. The van der Waals surface area contributed by atoms with Crippen molar-refractivity contribution in [1.82, 2.24) is 10.0 Å². The Bertz CT molecular complexity index is 496. The summed E-state index contributed by atoms with van der Waals surface area (Å²) in [5, 5.41) is 3.29. The van der Waals surface area contributed by atoms with Crippen molar-refractivity contribution < 1.29 is 8.42 Å². The molecule has 1 heterocycles. The summed E-state index contributed by atoms with van der Waals surface area (Å²) in [4.78, 5) is 0. The Morgan fingerprint density at radius 1 is 1.25 bits per heavy atom. The van der Waals surface area contributed by atoms with Crippen LogP contribution < -0.4 is 10.0 Å². The Morgan fingerprint density at radius 2 is 1.90 bits per heavy atom. The highest BCUT2D eigenvalue weighted by Crippen LogP contribution is 2.17. The van der Waals surface area contributed by atoms with E-state index in [1.54, 1.807) is 0 Å². The number of nitrogens with one attached hydrogen (secondary N) is 2. The number of rotatable bonds is 6. The van der Waals surface area contributed by atoms with Crippen LogP contribution in [-0.2, 0) is 10.0 Å². The minimum Gasteiger partial charge on any atom is -0.317 e. The highest BCUT2D eigenvalue weighted by Gasteiger charge is 2.19. The van der Waals surface area contributed by atoms with Gasteiger partial charge in [0.25, 0.3) is 0 Å². The number of sulfonamides is 1. The van der Waals surface area contributed by atoms with Gasteiger partial charge >= 0.3 is 0 Å². The van der Waals surface area contributed by atoms with E-state index >= 15 is 0 Å². The van der Waals surface area contributed by atoms with Crippen molar-refractivity contribution >= 4 is 10.0 Å². The summed E-state index contributed by atoms with van der Waals surface area (Å²) in [6.45, 7) is 4.52. The van der Waals surface area contributed by atoms with Gasteiger partial charge < -0.3 is 5.32 Å². The Morgan fingerprint density at radius 3 is 2.55 bits per heavy atom. The Balaban J connectivity index is 1.84. The molecule has 1 aromatic rings. The summed E-state index contributed by atoms with van der Waals surface area (Å²) in [6.07, 6.45) is 2.10. The lowest BCUT2D eigenvalue weighted by molar-refractivity contribution is 0.372.